The lowest BCUT2D eigenvalue weighted by atomic mass is 9.86. The maximum Gasteiger partial charge on any atom is 0.411 e. The molecule has 0 spiro atoms. The van der Waals surface area contributed by atoms with E-state index in [1.807, 2.05) is 167 Å². The molecular formula is C114H161N9O14. The van der Waals surface area contributed by atoms with Gasteiger partial charge in [-0.2, -0.15) is 5.26 Å². The van der Waals surface area contributed by atoms with E-state index >= 15 is 0 Å². The average molecular weight is 1880 g/mol. The number of H-pyrrole nitrogens is 1. The number of aromatic carboxylic acids is 2. The number of aromatic nitrogens is 3. The van der Waals surface area contributed by atoms with Crippen LogP contribution in [0.25, 0.3) is 0 Å². The van der Waals surface area contributed by atoms with Crippen molar-refractivity contribution in [1.82, 2.24) is 15.0 Å². The molecule has 10 aromatic rings. The Morgan fingerprint density at radius 2 is 0.730 bits per heavy atom. The summed E-state index contributed by atoms with van der Waals surface area (Å²) in [4.78, 5) is 87.8. The fourth-order valence-corrected chi connectivity index (χ4v) is 11.6. The van der Waals surface area contributed by atoms with Crippen molar-refractivity contribution in [2.45, 2.75) is 282 Å². The summed E-state index contributed by atoms with van der Waals surface area (Å²) in [5.74, 6) is -2.13. The minimum absolute atomic E-state index is 0.0302. The smallest absolute Gasteiger partial charge is 0.411 e. The summed E-state index contributed by atoms with van der Waals surface area (Å²) in [7, 11) is 4.50. The lowest BCUT2D eigenvalue weighted by Crippen LogP contribution is -2.15. The van der Waals surface area contributed by atoms with Gasteiger partial charge < -0.3 is 61.8 Å². The van der Waals surface area contributed by atoms with E-state index in [4.69, 9.17) is 57.4 Å². The third kappa shape index (κ3) is 49.5. The van der Waals surface area contributed by atoms with E-state index in [0.717, 1.165) is 50.4 Å². The molecule has 0 aliphatic heterocycles. The van der Waals surface area contributed by atoms with Gasteiger partial charge in [0, 0.05) is 61.5 Å². The van der Waals surface area contributed by atoms with Gasteiger partial charge in [-0.1, -0.05) is 311 Å². The highest BCUT2D eigenvalue weighted by molar-refractivity contribution is 5.94. The highest BCUT2D eigenvalue weighted by atomic mass is 16.6. The number of carbonyl (C=O) groups excluding carboxylic acids is 4. The lowest BCUT2D eigenvalue weighted by Gasteiger charge is -2.19. The highest BCUT2D eigenvalue weighted by Crippen LogP contribution is 2.31. The average Bonchev–Trinajstić information content (AvgIpc) is 0.820. The van der Waals surface area contributed by atoms with Crippen LogP contribution in [0.3, 0.4) is 0 Å². The predicted octanol–water partition coefficient (Wildman–Crippen LogP) is 24.4. The van der Waals surface area contributed by atoms with Crippen LogP contribution in [0.15, 0.2) is 218 Å². The number of pyridine rings is 3. The minimum atomic E-state index is -0.978. The molecule has 23 nitrogen and oxygen atoms in total. The van der Waals surface area contributed by atoms with Crippen LogP contribution >= 0.6 is 0 Å². The van der Waals surface area contributed by atoms with Gasteiger partial charge in [-0.05, 0) is 213 Å². The molecule has 0 saturated carbocycles. The Kier molecular flexibility index (Phi) is 49.5. The molecule has 0 saturated heterocycles. The topological polar surface area (TPSA) is 388 Å². The first-order chi connectivity index (χ1) is 62.9. The minimum Gasteiger partial charge on any atom is -0.478 e. The molecule has 0 radical (unpaired) electrons. The van der Waals surface area contributed by atoms with Crippen molar-refractivity contribution in [3.8, 4) is 6.07 Å². The van der Waals surface area contributed by atoms with Gasteiger partial charge in [0.15, 0.2) is 0 Å². The number of amides is 2. The summed E-state index contributed by atoms with van der Waals surface area (Å²) in [5.41, 5.74) is 41.4. The Balaban J connectivity index is 0.000000764. The Hall–Kier alpha value is -12.8. The van der Waals surface area contributed by atoms with E-state index in [-0.39, 0.29) is 96.1 Å². The van der Waals surface area contributed by atoms with Crippen LogP contribution in [0.1, 0.15) is 317 Å². The number of carboxylic acid groups (broad SMARTS) is 2. The van der Waals surface area contributed by atoms with Crippen LogP contribution in [-0.2, 0) is 100 Å². The number of esters is 2. The highest BCUT2D eigenvalue weighted by Gasteiger charge is 2.23. The van der Waals surface area contributed by atoms with Gasteiger partial charge >= 0.3 is 30.0 Å². The number of benzene rings is 7. The number of aromatic amines is 1. The van der Waals surface area contributed by atoms with Gasteiger partial charge in [0.25, 0.3) is 0 Å². The second-order valence-corrected chi connectivity index (χ2v) is 43.3. The number of nitrogens with zero attached hydrogens (tertiary/aromatic N) is 3. The molecule has 0 unspecified atom stereocenters. The van der Waals surface area contributed by atoms with Crippen molar-refractivity contribution in [3.63, 3.8) is 0 Å². The zero-order chi connectivity index (χ0) is 105. The number of carbonyl (C=O) groups is 6. The number of ether oxygens (including phenoxy) is 5. The van der Waals surface area contributed by atoms with Gasteiger partial charge in [-0.25, -0.2) is 19.4 Å². The SMILES string of the molecule is CC(C)(C)c1cc[nH]c(=O)c1.CC(C)(C)c1ccc(C#N)cc1.CC(C)(C)c1ccc(C(=O)O)cc1.CC(C)(C)c1ccc(C(N)=O)cc1.CC(C)(C)c1ccc(N)c(C(=O)O)c1.CC(C)(C)c1ccc(N)nc1.COC(=O)Nc1ccc(C(C)(C)C)cc1.COCCOC(=O)Cc1ccc(C(C)(C)C)cc1.COCCOC(=O)Cc1ccc(C(C)(C)C)cn1.Cc1cc(C(C)(C)C)ccc1N. The van der Waals surface area contributed by atoms with Crippen LogP contribution in [0, 0.1) is 18.3 Å². The second-order valence-electron chi connectivity index (χ2n) is 43.3. The number of hydrogen-bond acceptors (Lipinski definition) is 18. The molecule has 12 N–H and O–H groups in total. The fourth-order valence-electron chi connectivity index (χ4n) is 11.6. The monoisotopic (exact) mass is 1880 g/mol. The summed E-state index contributed by atoms with van der Waals surface area (Å²) < 4.78 is 24.1. The number of rotatable bonds is 14. The van der Waals surface area contributed by atoms with E-state index in [0.29, 0.717) is 48.9 Å². The van der Waals surface area contributed by atoms with Crippen molar-refractivity contribution in [2.24, 2.45) is 5.73 Å². The van der Waals surface area contributed by atoms with Crippen LogP contribution in [0.5, 0.6) is 0 Å². The first-order valence-corrected chi connectivity index (χ1v) is 45.8. The second kappa shape index (κ2) is 55.4. The van der Waals surface area contributed by atoms with E-state index in [1.54, 1.807) is 62.9 Å². The molecule has 0 bridgehead atoms. The third-order valence-corrected chi connectivity index (χ3v) is 21.0. The maximum atomic E-state index is 11.5. The van der Waals surface area contributed by atoms with E-state index < -0.39 is 18.0 Å². The number of methoxy groups -OCH3 is 3. The van der Waals surface area contributed by atoms with Crippen molar-refractivity contribution < 1.29 is 62.7 Å². The molecule has 3 heterocycles. The number of carboxylic acids is 2. The Labute approximate surface area is 818 Å². The van der Waals surface area contributed by atoms with Gasteiger partial charge in [0.1, 0.15) is 19.0 Å². The summed E-state index contributed by atoms with van der Waals surface area (Å²) in [6.45, 7) is 67.4. The maximum absolute atomic E-state index is 11.5. The molecule has 746 valence electrons. The number of nitrogens with one attached hydrogen (secondary N) is 2. The molecule has 0 aliphatic rings. The fraction of sp³-hybridized carbons (Fsp3) is 0.439. The third-order valence-electron chi connectivity index (χ3n) is 21.0. The predicted molar refractivity (Wildman–Crippen MR) is 562 cm³/mol. The number of anilines is 4. The summed E-state index contributed by atoms with van der Waals surface area (Å²) in [6, 6.07) is 62.8. The lowest BCUT2D eigenvalue weighted by molar-refractivity contribution is -0.145. The summed E-state index contributed by atoms with van der Waals surface area (Å²) in [5, 5.41) is 28.7. The summed E-state index contributed by atoms with van der Waals surface area (Å²) in [6.07, 6.45) is 5.40. The van der Waals surface area contributed by atoms with Gasteiger partial charge in [-0.15, -0.1) is 0 Å². The number of primary amides is 1. The molecule has 3 aromatic heterocycles. The molecule has 23 heteroatoms. The summed E-state index contributed by atoms with van der Waals surface area (Å²) >= 11 is 0. The molecule has 137 heavy (non-hydrogen) atoms. The number of nitrogen functional groups attached to an aromatic ring is 3. The first-order valence-electron chi connectivity index (χ1n) is 45.8. The number of nitriles is 1. The molecule has 0 atom stereocenters. The Morgan fingerprint density at radius 1 is 0.387 bits per heavy atom. The first kappa shape index (κ1) is 122. The van der Waals surface area contributed by atoms with E-state index in [9.17, 15) is 33.6 Å². The van der Waals surface area contributed by atoms with Crippen LogP contribution in [0.2, 0.25) is 0 Å². The van der Waals surface area contributed by atoms with Crippen molar-refractivity contribution >= 4 is 58.8 Å². The normalized spacial score (nSPS) is 11.3. The van der Waals surface area contributed by atoms with Crippen molar-refractivity contribution in [1.29, 1.82) is 5.26 Å². The number of aryl methyl sites for hydroxylation is 1. The molecule has 7 aromatic carbocycles. The number of nitrogens with two attached hydrogens (primary N) is 4. The van der Waals surface area contributed by atoms with E-state index in [1.165, 1.54) is 46.1 Å². The molecular weight excluding hydrogens is 1720 g/mol. The standard InChI is InChI=1S/C15H22O3.C14H21NO3.C12H17NO2.C11H15NO2.C11H15NO.C11H17N.C11H13N.C11H14O2.C9H14N2.C9H13NO/c1-15(2,3)13-7-5-12(6-8-13)11-14(16)18-10-9-17-4;1-14(2,3)11-5-6-12(15-10-11)9-13(16)18-8-7-17-4;1-12(2,3)9-5-7-10(8-6-9)13-11(14)15-4;1-11(2,3)7-4-5-9(12)8(6-7)10(13)14;1-11(2,3)9-6-4-8(5-7-9)10(12)13;1-8-7-9(11(2,3)4)5-6-10(8)12;1-11(2,3)10-6-4-9(8-12)5-7-10;1-11(2,3)9-6-4-8(5-7-9)10(12)13;1-9(2,3)7-4-5-8(10)11-6-7;1-9(2,3)7-4-5-10-8(11)6-7/h5-8H,9-11H2,1-4H3;5-6,10H,7-9H2,1-4H3;5-8H,1-4H3,(H,13,14);4-6H,12H2,1-3H3,(H,13,14);4-7H,1-3H3,(H2,12,13);5-7H,12H2,1-4H3;4-7H,1-3H3;4-7H,1-3H3,(H,12,13);4-6H,1-3H3,(H2,10,11);4-6H,1-3H3,(H,10,11). The quantitative estimate of drug-likeness (QED) is 0.0217. The molecule has 0 aliphatic carbocycles. The zero-order valence-electron chi connectivity index (χ0n) is 88.4. The van der Waals surface area contributed by atoms with Crippen LogP contribution in [0.4, 0.5) is 27.7 Å². The Morgan fingerprint density at radius 3 is 1.06 bits per heavy atom. The largest absolute Gasteiger partial charge is 0.478 e. The van der Waals surface area contributed by atoms with Gasteiger partial charge in [0.05, 0.1) is 61.6 Å². The van der Waals surface area contributed by atoms with Crippen LogP contribution in [-0.4, -0.2) is 109 Å². The van der Waals surface area contributed by atoms with Gasteiger partial charge in [0.2, 0.25) is 11.5 Å². The van der Waals surface area contributed by atoms with Gasteiger partial charge in [-0.3, -0.25) is 29.5 Å². The molecule has 10 rings (SSSR count). The van der Waals surface area contributed by atoms with E-state index in [2.05, 4.69) is 242 Å². The number of hydrogen-bond donors (Lipinski definition) is 8. The molecule has 0 fully saturated rings. The zero-order valence-corrected chi connectivity index (χ0v) is 88.4. The van der Waals surface area contributed by atoms with Crippen molar-refractivity contribution in [3.05, 3.63) is 318 Å². The van der Waals surface area contributed by atoms with Crippen molar-refractivity contribution in [2.75, 3.05) is 70.3 Å². The Bertz CT molecular complexity index is 5290. The van der Waals surface area contributed by atoms with Crippen LogP contribution < -0.4 is 33.8 Å². The molecule has 2 amide bonds.